The predicted molar refractivity (Wildman–Crippen MR) is 39.2 cm³/mol. The van der Waals surface area contributed by atoms with E-state index in [2.05, 4.69) is 46.4 Å². The van der Waals surface area contributed by atoms with Crippen molar-refractivity contribution in [1.29, 1.82) is 0 Å². The van der Waals surface area contributed by atoms with E-state index >= 15 is 0 Å². The van der Waals surface area contributed by atoms with Crippen LogP contribution in [0.3, 0.4) is 0 Å². The van der Waals surface area contributed by atoms with Crippen LogP contribution < -0.4 is 0 Å². The summed E-state index contributed by atoms with van der Waals surface area (Å²) in [6.45, 7) is 0. The van der Waals surface area contributed by atoms with Crippen LogP contribution in [0.1, 0.15) is 0 Å². The van der Waals surface area contributed by atoms with Gasteiger partial charge in [-0.2, -0.15) is 8.78 Å². The molecule has 0 aromatic heterocycles. The summed E-state index contributed by atoms with van der Waals surface area (Å²) in [5, 5.41) is 0. The molecule has 8 heteroatoms. The van der Waals surface area contributed by atoms with E-state index in [-0.39, 0.29) is 0 Å². The second-order valence-electron chi connectivity index (χ2n) is 1.16. The summed E-state index contributed by atoms with van der Waals surface area (Å²) in [4.78, 5) is 0. The topological polar surface area (TPSA) is 17.1 Å². The lowest BCUT2D eigenvalue weighted by atomic mass is 11.7. The maximum absolute atomic E-state index is 12.1. The summed E-state index contributed by atoms with van der Waals surface area (Å²) in [6.07, 6.45) is 0. The van der Waals surface area contributed by atoms with E-state index < -0.39 is 18.6 Å². The van der Waals surface area contributed by atoms with Crippen LogP contribution in [0.5, 0.6) is 0 Å². The molecule has 0 aliphatic rings. The third-order valence-corrected chi connectivity index (χ3v) is 2.94. The zero-order valence-corrected chi connectivity index (χ0v) is 7.92. The zero-order valence-electron chi connectivity index (χ0n) is 4.08. The monoisotopic (exact) mass is 250 g/mol. The minimum absolute atomic E-state index is 3.03. The molecule has 0 saturated carbocycles. The second kappa shape index (κ2) is 3.27. The smallest absolute Gasteiger partial charge is 0.248 e. The summed E-state index contributed by atoms with van der Waals surface area (Å²) in [5.41, 5.74) is 0. The van der Waals surface area contributed by atoms with Gasteiger partial charge in [0, 0.05) is 0 Å². The first-order valence-corrected chi connectivity index (χ1v) is 4.37. The highest BCUT2D eigenvalue weighted by Gasteiger charge is 2.46. The molecule has 0 aromatic rings. The summed E-state index contributed by atoms with van der Waals surface area (Å²) < 4.78 is 28.0. The van der Waals surface area contributed by atoms with Crippen molar-refractivity contribution in [3.8, 4) is 0 Å². The van der Waals surface area contributed by atoms with Crippen molar-refractivity contribution in [1.82, 2.24) is 0 Å². The minimum atomic E-state index is -3.28. The lowest BCUT2D eigenvalue weighted by Crippen LogP contribution is -2.26. The van der Waals surface area contributed by atoms with Crippen LogP contribution in [0.4, 0.5) is 8.78 Å². The average molecular weight is 252 g/mol. The fourth-order valence-electron chi connectivity index (χ4n) is 0.131. The largest absolute Gasteiger partial charge is 0.338 e. The summed E-state index contributed by atoms with van der Waals surface area (Å²) in [7, 11) is -3.03. The highest BCUT2D eigenvalue weighted by Crippen LogP contribution is 2.39. The summed E-state index contributed by atoms with van der Waals surface area (Å²) >= 11 is 18.2. The molecule has 0 bridgehead atoms. The van der Waals surface area contributed by atoms with Crippen molar-refractivity contribution in [2.24, 2.45) is 0 Å². The Kier molecular flexibility index (Phi) is 3.65. The third kappa shape index (κ3) is 3.53. The van der Waals surface area contributed by atoms with Crippen LogP contribution in [0.15, 0.2) is 0 Å². The van der Waals surface area contributed by atoms with Crippen LogP contribution >= 0.6 is 46.4 Å². The Bertz CT molecular complexity index is 132. The molecule has 0 saturated heterocycles. The Balaban J connectivity index is 4.40. The Morgan fingerprint density at radius 2 is 1.20 bits per heavy atom. The van der Waals surface area contributed by atoms with Crippen LogP contribution in [0.25, 0.3) is 0 Å². The van der Waals surface area contributed by atoms with E-state index in [9.17, 15) is 13.0 Å². The molecule has 62 valence electrons. The van der Waals surface area contributed by atoms with Crippen molar-refractivity contribution in [2.45, 2.75) is 7.84 Å². The van der Waals surface area contributed by atoms with Crippen LogP contribution in [0, 0.1) is 0 Å². The Hall–Kier alpha value is 1.17. The van der Waals surface area contributed by atoms with Crippen LogP contribution in [0.2, 0.25) is 0 Å². The molecule has 0 atom stereocenters. The second-order valence-corrected chi connectivity index (χ2v) is 6.19. The molecular formula is C2Cl4F2OS. The van der Waals surface area contributed by atoms with Crippen LogP contribution in [-0.4, -0.2) is 12.0 Å². The fraction of sp³-hybridized carbons (Fsp3) is 1.00. The minimum Gasteiger partial charge on any atom is -0.248 e. The molecule has 0 amide bonds. The Morgan fingerprint density at radius 1 is 1.00 bits per heavy atom. The first-order chi connectivity index (χ1) is 4.15. The van der Waals surface area contributed by atoms with Crippen molar-refractivity contribution < 1.29 is 13.0 Å². The van der Waals surface area contributed by atoms with Gasteiger partial charge in [-0.25, -0.2) is 4.21 Å². The van der Waals surface area contributed by atoms with Gasteiger partial charge in [0.15, 0.2) is 10.8 Å². The summed E-state index contributed by atoms with van der Waals surface area (Å²) in [5.74, 6) is 0. The van der Waals surface area contributed by atoms with Crippen LogP contribution in [-0.2, 0) is 10.8 Å². The van der Waals surface area contributed by atoms with Gasteiger partial charge in [-0.15, -0.1) is 0 Å². The molecule has 0 aliphatic carbocycles. The van der Waals surface area contributed by atoms with Crippen molar-refractivity contribution in [3.63, 3.8) is 0 Å². The molecule has 0 unspecified atom stereocenters. The average Bonchev–Trinajstić information content (AvgIpc) is 1.59. The van der Waals surface area contributed by atoms with Gasteiger partial charge in [-0.3, -0.25) is 0 Å². The lowest BCUT2D eigenvalue weighted by molar-refractivity contribution is 0.456. The fourth-order valence-corrected chi connectivity index (χ4v) is 2.14. The van der Waals surface area contributed by atoms with Crippen molar-refractivity contribution in [2.75, 3.05) is 0 Å². The number of halogens is 6. The SMILES string of the molecule is O=S(C(F)(Cl)Cl)C(F)(Cl)Cl. The normalized spacial score (nSPS) is 14.3. The Labute approximate surface area is 78.0 Å². The number of alkyl halides is 6. The summed E-state index contributed by atoms with van der Waals surface area (Å²) in [6, 6.07) is 0. The standard InChI is InChI=1S/C2Cl4F2OS/c3-1(4,7)10(9)2(5,6)8. The predicted octanol–water partition coefficient (Wildman–Crippen LogP) is 2.85. The van der Waals surface area contributed by atoms with Gasteiger partial charge in [0.1, 0.15) is 0 Å². The van der Waals surface area contributed by atoms with Gasteiger partial charge < -0.3 is 0 Å². The van der Waals surface area contributed by atoms with Gasteiger partial charge in [-0.1, -0.05) is 46.4 Å². The van der Waals surface area contributed by atoms with E-state index in [1.807, 2.05) is 0 Å². The van der Waals surface area contributed by atoms with E-state index in [1.165, 1.54) is 0 Å². The number of hydrogen-bond acceptors (Lipinski definition) is 1. The van der Waals surface area contributed by atoms with Crippen molar-refractivity contribution >= 4 is 57.2 Å². The molecule has 1 nitrogen and oxygen atoms in total. The van der Waals surface area contributed by atoms with Gasteiger partial charge in [0.25, 0.3) is 0 Å². The van der Waals surface area contributed by atoms with E-state index in [1.54, 1.807) is 0 Å². The van der Waals surface area contributed by atoms with E-state index in [4.69, 9.17) is 0 Å². The molecular weight excluding hydrogens is 252 g/mol. The van der Waals surface area contributed by atoms with Gasteiger partial charge >= 0.3 is 7.84 Å². The molecule has 0 N–H and O–H groups in total. The van der Waals surface area contributed by atoms with E-state index in [0.717, 1.165) is 0 Å². The molecule has 0 rings (SSSR count). The lowest BCUT2D eigenvalue weighted by Gasteiger charge is -2.13. The molecule has 0 spiro atoms. The first-order valence-electron chi connectivity index (χ1n) is 1.71. The zero-order chi connectivity index (χ0) is 8.58. The third-order valence-electron chi connectivity index (χ3n) is 0.420. The van der Waals surface area contributed by atoms with Gasteiger partial charge in [-0.05, 0) is 0 Å². The van der Waals surface area contributed by atoms with E-state index in [0.29, 0.717) is 0 Å². The maximum Gasteiger partial charge on any atom is 0.338 e. The van der Waals surface area contributed by atoms with Crippen molar-refractivity contribution in [3.05, 3.63) is 0 Å². The molecule has 0 radical (unpaired) electrons. The van der Waals surface area contributed by atoms with Gasteiger partial charge in [0.05, 0.1) is 0 Å². The van der Waals surface area contributed by atoms with Gasteiger partial charge in [0.2, 0.25) is 0 Å². The first kappa shape index (κ1) is 11.2. The number of rotatable bonds is 2. The Morgan fingerprint density at radius 3 is 1.20 bits per heavy atom. The molecule has 0 heterocycles. The number of hydrogen-bond donors (Lipinski definition) is 0. The molecule has 0 aliphatic heterocycles. The molecule has 10 heavy (non-hydrogen) atoms. The molecule has 0 aromatic carbocycles. The molecule has 0 fully saturated rings. The highest BCUT2D eigenvalue weighted by molar-refractivity contribution is 7.93. The maximum atomic E-state index is 12.1. The highest BCUT2D eigenvalue weighted by atomic mass is 35.5. The quantitative estimate of drug-likeness (QED) is 0.690.